The first-order valence-electron chi connectivity index (χ1n) is 7.53. The molecule has 1 saturated carbocycles. The Labute approximate surface area is 123 Å². The average Bonchev–Trinajstić information content (AvgIpc) is 2.95. The molecule has 3 rings (SSSR count). The molecule has 6 nitrogen and oxygen atoms in total. The van der Waals surface area contributed by atoms with E-state index in [0.29, 0.717) is 0 Å². The van der Waals surface area contributed by atoms with Crippen molar-refractivity contribution in [2.45, 2.75) is 45.1 Å². The summed E-state index contributed by atoms with van der Waals surface area (Å²) in [6, 6.07) is 1.60. The van der Waals surface area contributed by atoms with Crippen molar-refractivity contribution in [1.82, 2.24) is 20.0 Å². The van der Waals surface area contributed by atoms with Crippen molar-refractivity contribution in [2.75, 3.05) is 0 Å². The third-order valence-electron chi connectivity index (χ3n) is 4.34. The second kappa shape index (κ2) is 6.22. The molecule has 2 N–H and O–H groups in total. The summed E-state index contributed by atoms with van der Waals surface area (Å²) in [6.07, 6.45) is 11.4. The molecule has 1 aliphatic rings. The molecule has 1 aliphatic carbocycles. The molecular formula is C15H20N4O2. The van der Waals surface area contributed by atoms with Crippen LogP contribution >= 0.6 is 0 Å². The lowest BCUT2D eigenvalue weighted by molar-refractivity contribution is 0.0701. The predicted molar refractivity (Wildman–Crippen MR) is 78.0 cm³/mol. The lowest BCUT2D eigenvalue weighted by Gasteiger charge is -2.21. The first-order chi connectivity index (χ1) is 10.3. The van der Waals surface area contributed by atoms with E-state index in [2.05, 4.69) is 14.5 Å². The van der Waals surface area contributed by atoms with Crippen molar-refractivity contribution in [3.63, 3.8) is 0 Å². The molecule has 0 atom stereocenters. The molecule has 1 amide bonds. The van der Waals surface area contributed by atoms with Gasteiger partial charge in [-0.15, -0.1) is 0 Å². The van der Waals surface area contributed by atoms with Crippen molar-refractivity contribution in [3.05, 3.63) is 24.3 Å². The molecule has 0 spiro atoms. The third kappa shape index (κ3) is 3.05. The Morgan fingerprint density at radius 1 is 1.33 bits per heavy atom. The molecule has 0 aliphatic heterocycles. The fourth-order valence-electron chi connectivity index (χ4n) is 3.11. The second-order valence-electron chi connectivity index (χ2n) is 5.73. The van der Waals surface area contributed by atoms with Gasteiger partial charge in [0.15, 0.2) is 0 Å². The molecule has 0 bridgehead atoms. The number of hydroxylamine groups is 1. The Kier molecular flexibility index (Phi) is 4.15. The normalized spacial score (nSPS) is 16.2. The van der Waals surface area contributed by atoms with Gasteiger partial charge in [0, 0.05) is 6.54 Å². The number of nitrogens with one attached hydrogen (secondary N) is 1. The molecule has 0 saturated heterocycles. The minimum atomic E-state index is -0.617. The summed E-state index contributed by atoms with van der Waals surface area (Å²) in [6.45, 7) is 0.939. The van der Waals surface area contributed by atoms with Gasteiger partial charge in [0.2, 0.25) is 0 Å². The zero-order valence-electron chi connectivity index (χ0n) is 12.0. The first-order valence-corrected chi connectivity index (χ1v) is 7.53. The summed E-state index contributed by atoms with van der Waals surface area (Å²) in [7, 11) is 0. The topological polar surface area (TPSA) is 80.0 Å². The molecule has 21 heavy (non-hydrogen) atoms. The van der Waals surface area contributed by atoms with Gasteiger partial charge in [-0.2, -0.15) is 0 Å². The van der Waals surface area contributed by atoms with Crippen LogP contribution in [0, 0.1) is 5.92 Å². The van der Waals surface area contributed by atoms with E-state index in [0.717, 1.165) is 23.5 Å². The van der Waals surface area contributed by atoms with Gasteiger partial charge in [-0.1, -0.05) is 32.1 Å². The van der Waals surface area contributed by atoms with E-state index in [1.807, 2.05) is 0 Å². The third-order valence-corrected chi connectivity index (χ3v) is 4.34. The highest BCUT2D eigenvalue weighted by Crippen LogP contribution is 2.27. The van der Waals surface area contributed by atoms with Crippen molar-refractivity contribution in [3.8, 4) is 0 Å². The molecule has 6 heteroatoms. The summed E-state index contributed by atoms with van der Waals surface area (Å²) in [5.74, 6) is 0.206. The number of carbonyl (C=O) groups excluding carboxylic acids is 1. The van der Waals surface area contributed by atoms with Gasteiger partial charge in [-0.25, -0.2) is 15.4 Å². The fraction of sp³-hybridized carbons (Fsp3) is 0.533. The lowest BCUT2D eigenvalue weighted by atomic mass is 9.87. The summed E-state index contributed by atoms with van der Waals surface area (Å²) >= 11 is 0. The molecule has 2 heterocycles. The zero-order valence-corrected chi connectivity index (χ0v) is 12.0. The van der Waals surface area contributed by atoms with E-state index in [1.165, 1.54) is 38.5 Å². The van der Waals surface area contributed by atoms with E-state index < -0.39 is 5.91 Å². The zero-order chi connectivity index (χ0) is 14.7. The van der Waals surface area contributed by atoms with Gasteiger partial charge in [-0.05, 0) is 18.4 Å². The molecule has 0 aromatic carbocycles. The average molecular weight is 288 g/mol. The molecule has 2 aromatic rings. The van der Waals surface area contributed by atoms with Crippen LogP contribution in [0.2, 0.25) is 0 Å². The molecule has 1 fully saturated rings. The van der Waals surface area contributed by atoms with E-state index in [4.69, 9.17) is 5.21 Å². The Morgan fingerprint density at radius 3 is 2.90 bits per heavy atom. The number of nitrogens with zero attached hydrogens (tertiary/aromatic N) is 3. The number of aryl methyl sites for hydroxylation is 1. The number of rotatable bonds is 4. The van der Waals surface area contributed by atoms with Crippen LogP contribution in [-0.4, -0.2) is 25.6 Å². The number of fused-ring (bicyclic) bond motifs is 1. The summed E-state index contributed by atoms with van der Waals surface area (Å²) < 4.78 is 2.09. The molecule has 112 valence electrons. The van der Waals surface area contributed by atoms with Crippen LogP contribution in [0.25, 0.3) is 11.0 Å². The quantitative estimate of drug-likeness (QED) is 0.669. The smallest absolute Gasteiger partial charge is 0.293 e. The number of hydrogen-bond donors (Lipinski definition) is 2. The van der Waals surface area contributed by atoms with Crippen LogP contribution in [0.1, 0.15) is 49.0 Å². The van der Waals surface area contributed by atoms with Crippen LogP contribution in [0.15, 0.2) is 18.6 Å². The van der Waals surface area contributed by atoms with Crippen molar-refractivity contribution in [2.24, 2.45) is 5.92 Å². The van der Waals surface area contributed by atoms with E-state index >= 15 is 0 Å². The molecule has 2 aromatic heterocycles. The van der Waals surface area contributed by atoms with Gasteiger partial charge in [0.25, 0.3) is 5.91 Å². The number of imidazole rings is 1. The number of amides is 1. The van der Waals surface area contributed by atoms with Crippen LogP contribution in [0.3, 0.4) is 0 Å². The SMILES string of the molecule is O=C(NO)c1cc2ncn(CCC3CCCCC3)c2cn1. The van der Waals surface area contributed by atoms with Crippen LogP contribution < -0.4 is 5.48 Å². The molecule has 0 unspecified atom stereocenters. The maximum Gasteiger partial charge on any atom is 0.293 e. The minimum absolute atomic E-state index is 0.169. The van der Waals surface area contributed by atoms with E-state index in [9.17, 15) is 4.79 Å². The standard InChI is InChI=1S/C15H20N4O2/c20-15(18-21)13-8-12-14(9-16-13)19(10-17-12)7-6-11-4-2-1-3-5-11/h8-11,21H,1-7H2,(H,18,20). The van der Waals surface area contributed by atoms with Crippen molar-refractivity contribution in [1.29, 1.82) is 0 Å². The maximum atomic E-state index is 11.3. The second-order valence-corrected chi connectivity index (χ2v) is 5.73. The largest absolute Gasteiger partial charge is 0.329 e. The summed E-state index contributed by atoms with van der Waals surface area (Å²) in [5.41, 5.74) is 3.41. The highest BCUT2D eigenvalue weighted by atomic mass is 16.5. The first kappa shape index (κ1) is 14.0. The number of carbonyl (C=O) groups is 1. The predicted octanol–water partition coefficient (Wildman–Crippen LogP) is 2.52. The highest BCUT2D eigenvalue weighted by molar-refractivity contribution is 5.94. The highest BCUT2D eigenvalue weighted by Gasteiger charge is 2.14. The Bertz CT molecular complexity index is 632. The lowest BCUT2D eigenvalue weighted by Crippen LogP contribution is -2.19. The van der Waals surface area contributed by atoms with Crippen molar-refractivity contribution >= 4 is 16.9 Å². The van der Waals surface area contributed by atoms with Crippen molar-refractivity contribution < 1.29 is 10.0 Å². The Hall–Kier alpha value is -1.95. The van der Waals surface area contributed by atoms with Gasteiger partial charge < -0.3 is 4.57 Å². The Balaban J connectivity index is 1.72. The number of hydrogen-bond acceptors (Lipinski definition) is 4. The van der Waals surface area contributed by atoms with Crippen LogP contribution in [-0.2, 0) is 6.54 Å². The summed E-state index contributed by atoms with van der Waals surface area (Å²) in [4.78, 5) is 19.7. The van der Waals surface area contributed by atoms with Gasteiger partial charge >= 0.3 is 0 Å². The Morgan fingerprint density at radius 2 is 2.14 bits per heavy atom. The number of aromatic nitrogens is 3. The summed E-state index contributed by atoms with van der Waals surface area (Å²) in [5, 5.41) is 8.63. The minimum Gasteiger partial charge on any atom is -0.329 e. The van der Waals surface area contributed by atoms with Crippen LogP contribution in [0.4, 0.5) is 0 Å². The monoisotopic (exact) mass is 288 g/mol. The van der Waals surface area contributed by atoms with E-state index in [1.54, 1.807) is 24.1 Å². The molecule has 0 radical (unpaired) electrons. The van der Waals surface area contributed by atoms with E-state index in [-0.39, 0.29) is 5.69 Å². The fourth-order valence-corrected chi connectivity index (χ4v) is 3.11. The van der Waals surface area contributed by atoms with Crippen LogP contribution in [0.5, 0.6) is 0 Å². The van der Waals surface area contributed by atoms with Gasteiger partial charge in [-0.3, -0.25) is 10.0 Å². The maximum absolute atomic E-state index is 11.3. The molecular weight excluding hydrogens is 268 g/mol. The van der Waals surface area contributed by atoms with Gasteiger partial charge in [0.1, 0.15) is 5.69 Å². The number of pyridine rings is 1. The van der Waals surface area contributed by atoms with Gasteiger partial charge in [0.05, 0.1) is 23.6 Å².